The van der Waals surface area contributed by atoms with E-state index in [1.807, 2.05) is 11.8 Å². The molecule has 0 radical (unpaired) electrons. The normalized spacial score (nSPS) is 26.0. The average Bonchev–Trinajstić information content (AvgIpc) is 2.79. The molecule has 2 fully saturated rings. The lowest BCUT2D eigenvalue weighted by Crippen LogP contribution is -2.55. The van der Waals surface area contributed by atoms with Crippen LogP contribution in [0.3, 0.4) is 0 Å². The molecule has 0 spiro atoms. The predicted molar refractivity (Wildman–Crippen MR) is 84.6 cm³/mol. The summed E-state index contributed by atoms with van der Waals surface area (Å²) in [5, 5.41) is 5.89. The quantitative estimate of drug-likeness (QED) is 0.898. The van der Waals surface area contributed by atoms with E-state index in [9.17, 15) is 14.0 Å². The van der Waals surface area contributed by atoms with Crippen LogP contribution in [-0.2, 0) is 0 Å². The highest BCUT2D eigenvalue weighted by Gasteiger charge is 2.43. The Morgan fingerprint density at radius 3 is 2.35 bits per heavy atom. The van der Waals surface area contributed by atoms with Crippen LogP contribution in [0.15, 0.2) is 24.3 Å². The Morgan fingerprint density at radius 2 is 1.78 bits per heavy atom. The van der Waals surface area contributed by atoms with E-state index in [4.69, 9.17) is 0 Å². The first-order valence-electron chi connectivity index (χ1n) is 8.21. The van der Waals surface area contributed by atoms with E-state index in [1.54, 1.807) is 0 Å². The summed E-state index contributed by atoms with van der Waals surface area (Å²) in [6.45, 7) is 2.54. The van der Waals surface area contributed by atoms with Crippen molar-refractivity contribution in [2.24, 2.45) is 0 Å². The number of rotatable bonds is 3. The number of nitrogens with zero attached hydrogens (tertiary/aromatic N) is 1. The molecular weight excluding hydrogens is 297 g/mol. The molecule has 2 heterocycles. The molecule has 2 bridgehead atoms. The number of hydrogen-bond acceptors (Lipinski definition) is 2. The molecule has 0 saturated carbocycles. The number of halogens is 1. The fourth-order valence-electron chi connectivity index (χ4n) is 3.74. The highest BCUT2D eigenvalue weighted by molar-refractivity contribution is 5.94. The zero-order valence-corrected chi connectivity index (χ0v) is 13.2. The third-order valence-electron chi connectivity index (χ3n) is 4.74. The summed E-state index contributed by atoms with van der Waals surface area (Å²) in [6, 6.07) is 6.01. The molecule has 2 unspecified atom stereocenters. The van der Waals surface area contributed by atoms with Crippen molar-refractivity contribution < 1.29 is 14.0 Å². The van der Waals surface area contributed by atoms with Gasteiger partial charge in [0, 0.05) is 30.2 Å². The van der Waals surface area contributed by atoms with Gasteiger partial charge >= 0.3 is 6.03 Å². The van der Waals surface area contributed by atoms with Gasteiger partial charge in [0.1, 0.15) is 5.82 Å². The first-order chi connectivity index (χ1) is 11.1. The van der Waals surface area contributed by atoms with Crippen LogP contribution in [-0.4, -0.2) is 41.5 Å². The smallest absolute Gasteiger partial charge is 0.317 e. The molecule has 3 amide bonds. The van der Waals surface area contributed by atoms with Gasteiger partial charge in [0.25, 0.3) is 5.91 Å². The first-order valence-corrected chi connectivity index (χ1v) is 8.21. The Hall–Kier alpha value is -2.11. The summed E-state index contributed by atoms with van der Waals surface area (Å²) in [5.74, 6) is -0.532. The maximum atomic E-state index is 12.9. The zero-order chi connectivity index (χ0) is 16.4. The van der Waals surface area contributed by atoms with Gasteiger partial charge < -0.3 is 15.5 Å². The molecule has 6 heteroatoms. The molecule has 2 atom stereocenters. The first kappa shape index (κ1) is 15.8. The number of amides is 3. The third kappa shape index (κ3) is 3.30. The van der Waals surface area contributed by atoms with Crippen molar-refractivity contribution in [3.8, 4) is 0 Å². The van der Waals surface area contributed by atoms with E-state index in [0.29, 0.717) is 12.1 Å². The van der Waals surface area contributed by atoms with Crippen molar-refractivity contribution in [2.75, 3.05) is 6.54 Å². The van der Waals surface area contributed by atoms with Crippen LogP contribution in [0.4, 0.5) is 9.18 Å². The number of hydrogen-bond donors (Lipinski definition) is 2. The highest BCUT2D eigenvalue weighted by Crippen LogP contribution is 2.35. The number of fused-ring (bicyclic) bond motifs is 2. The van der Waals surface area contributed by atoms with Crippen molar-refractivity contribution in [1.29, 1.82) is 0 Å². The standard InChI is InChI=1S/C17H22FN3O2/c1-2-19-17(23)21-14-7-8-15(21)10-13(9-14)20-16(22)11-3-5-12(18)6-4-11/h3-6,13-15H,2,7-10H2,1H3,(H,19,23)(H,20,22). The van der Waals surface area contributed by atoms with Gasteiger partial charge in [0.2, 0.25) is 0 Å². The summed E-state index contributed by atoms with van der Waals surface area (Å²) in [7, 11) is 0. The SMILES string of the molecule is CCNC(=O)N1C2CCC1CC(NC(=O)c1ccc(F)cc1)C2. The minimum absolute atomic E-state index is 0.00307. The monoisotopic (exact) mass is 319 g/mol. The lowest BCUT2D eigenvalue weighted by Gasteiger charge is -2.39. The van der Waals surface area contributed by atoms with Gasteiger partial charge in [-0.25, -0.2) is 9.18 Å². The predicted octanol–water partition coefficient (Wildman–Crippen LogP) is 2.28. The summed E-state index contributed by atoms with van der Waals surface area (Å²) in [6.07, 6.45) is 3.54. The Balaban J connectivity index is 1.61. The van der Waals surface area contributed by atoms with E-state index in [2.05, 4.69) is 10.6 Å². The van der Waals surface area contributed by atoms with Crippen LogP contribution in [0.2, 0.25) is 0 Å². The van der Waals surface area contributed by atoms with Gasteiger partial charge in [-0.2, -0.15) is 0 Å². The average molecular weight is 319 g/mol. The molecule has 23 heavy (non-hydrogen) atoms. The highest BCUT2D eigenvalue weighted by atomic mass is 19.1. The van der Waals surface area contributed by atoms with Crippen LogP contribution in [0.5, 0.6) is 0 Å². The van der Waals surface area contributed by atoms with Gasteiger partial charge in [0.15, 0.2) is 0 Å². The second-order valence-electron chi connectivity index (χ2n) is 6.28. The summed E-state index contributed by atoms with van der Waals surface area (Å²) < 4.78 is 12.9. The largest absolute Gasteiger partial charge is 0.349 e. The number of benzene rings is 1. The lowest BCUT2D eigenvalue weighted by molar-refractivity contribution is 0.0885. The molecule has 2 aliphatic rings. The Morgan fingerprint density at radius 1 is 1.17 bits per heavy atom. The van der Waals surface area contributed by atoms with Crippen LogP contribution in [0.25, 0.3) is 0 Å². The Bertz CT molecular complexity index is 576. The minimum atomic E-state index is -0.352. The molecule has 0 aromatic heterocycles. The molecular formula is C17H22FN3O2. The van der Waals surface area contributed by atoms with Gasteiger partial charge in [-0.3, -0.25) is 4.79 Å². The summed E-state index contributed by atoms with van der Waals surface area (Å²) in [5.41, 5.74) is 0.463. The van der Waals surface area contributed by atoms with Crippen molar-refractivity contribution in [2.45, 2.75) is 50.7 Å². The van der Waals surface area contributed by atoms with Crippen molar-refractivity contribution >= 4 is 11.9 Å². The summed E-state index contributed by atoms with van der Waals surface area (Å²) >= 11 is 0. The van der Waals surface area contributed by atoms with Crippen LogP contribution in [0.1, 0.15) is 43.0 Å². The van der Waals surface area contributed by atoms with E-state index in [0.717, 1.165) is 25.7 Å². The van der Waals surface area contributed by atoms with E-state index in [1.165, 1.54) is 24.3 Å². The molecule has 5 nitrogen and oxygen atoms in total. The molecule has 1 aromatic rings. The molecule has 2 aliphatic heterocycles. The number of urea groups is 1. The third-order valence-corrected chi connectivity index (χ3v) is 4.74. The van der Waals surface area contributed by atoms with Gasteiger partial charge in [0.05, 0.1) is 0 Å². The second kappa shape index (κ2) is 6.56. The van der Waals surface area contributed by atoms with E-state index in [-0.39, 0.29) is 35.9 Å². The fraction of sp³-hybridized carbons (Fsp3) is 0.529. The van der Waals surface area contributed by atoms with Crippen molar-refractivity contribution in [1.82, 2.24) is 15.5 Å². The topological polar surface area (TPSA) is 61.4 Å². The van der Waals surface area contributed by atoms with Gasteiger partial charge in [-0.05, 0) is 56.9 Å². The van der Waals surface area contributed by atoms with Gasteiger partial charge in [-0.1, -0.05) is 0 Å². The Labute approximate surface area is 135 Å². The molecule has 2 saturated heterocycles. The van der Waals surface area contributed by atoms with Crippen LogP contribution < -0.4 is 10.6 Å². The molecule has 1 aromatic carbocycles. The number of carbonyl (C=O) groups is 2. The molecule has 2 N–H and O–H groups in total. The van der Waals surface area contributed by atoms with Crippen LogP contribution >= 0.6 is 0 Å². The number of piperidine rings is 1. The fourth-order valence-corrected chi connectivity index (χ4v) is 3.74. The van der Waals surface area contributed by atoms with E-state index < -0.39 is 0 Å². The minimum Gasteiger partial charge on any atom is -0.349 e. The number of carbonyl (C=O) groups excluding carboxylic acids is 2. The second-order valence-corrected chi connectivity index (χ2v) is 6.28. The lowest BCUT2D eigenvalue weighted by atomic mass is 9.97. The zero-order valence-electron chi connectivity index (χ0n) is 13.2. The van der Waals surface area contributed by atoms with E-state index >= 15 is 0 Å². The molecule has 3 rings (SSSR count). The van der Waals surface area contributed by atoms with Gasteiger partial charge in [-0.15, -0.1) is 0 Å². The molecule has 124 valence electrons. The van der Waals surface area contributed by atoms with Crippen LogP contribution in [0, 0.1) is 5.82 Å². The Kier molecular flexibility index (Phi) is 4.50. The summed E-state index contributed by atoms with van der Waals surface area (Å²) in [4.78, 5) is 26.3. The molecule has 0 aliphatic carbocycles. The van der Waals surface area contributed by atoms with Crippen molar-refractivity contribution in [3.05, 3.63) is 35.6 Å². The maximum absolute atomic E-state index is 12.9. The van der Waals surface area contributed by atoms with Crippen molar-refractivity contribution in [3.63, 3.8) is 0 Å². The number of nitrogens with one attached hydrogen (secondary N) is 2. The maximum Gasteiger partial charge on any atom is 0.317 e.